The van der Waals surface area contributed by atoms with Crippen molar-refractivity contribution in [2.45, 2.75) is 30.2 Å². The molecular formula is C28H27Cl2N3O4S. The largest absolute Gasteiger partial charge is 0.480 e. The Morgan fingerprint density at radius 2 is 1.84 bits per heavy atom. The molecule has 1 aromatic heterocycles. The smallest absolute Gasteiger partial charge is 0.326 e. The number of carbonyl (C=O) groups excluding carboxylic acids is 2. The zero-order valence-corrected chi connectivity index (χ0v) is 23.0. The van der Waals surface area contributed by atoms with Crippen LogP contribution in [0.4, 0.5) is 0 Å². The van der Waals surface area contributed by atoms with Crippen molar-refractivity contribution in [1.29, 1.82) is 0 Å². The molecule has 0 bridgehead atoms. The summed E-state index contributed by atoms with van der Waals surface area (Å²) in [6.07, 6.45) is 5.97. The van der Waals surface area contributed by atoms with Crippen LogP contribution in [0.25, 0.3) is 17.0 Å². The van der Waals surface area contributed by atoms with Crippen LogP contribution in [0.15, 0.2) is 59.5 Å². The molecule has 198 valence electrons. The van der Waals surface area contributed by atoms with Crippen LogP contribution >= 0.6 is 35.0 Å². The van der Waals surface area contributed by atoms with E-state index in [2.05, 4.69) is 10.3 Å². The first-order valence-corrected chi connectivity index (χ1v) is 14.1. The molecule has 1 aliphatic heterocycles. The van der Waals surface area contributed by atoms with E-state index < -0.39 is 12.0 Å². The highest BCUT2D eigenvalue weighted by Gasteiger charge is 2.30. The molecular weight excluding hydrogens is 545 g/mol. The number of amides is 2. The number of aliphatic carboxylic acids is 1. The van der Waals surface area contributed by atoms with Crippen molar-refractivity contribution in [3.63, 3.8) is 0 Å². The van der Waals surface area contributed by atoms with Gasteiger partial charge >= 0.3 is 5.97 Å². The Bertz CT molecular complexity index is 1390. The van der Waals surface area contributed by atoms with Gasteiger partial charge in [0.1, 0.15) is 6.04 Å². The number of aromatic nitrogens is 1. The summed E-state index contributed by atoms with van der Waals surface area (Å²) in [7, 11) is 0. The van der Waals surface area contributed by atoms with Gasteiger partial charge in [-0.3, -0.25) is 14.6 Å². The second kappa shape index (κ2) is 12.7. The molecule has 2 heterocycles. The summed E-state index contributed by atoms with van der Waals surface area (Å²) in [4.78, 5) is 44.5. The van der Waals surface area contributed by atoms with Crippen LogP contribution < -0.4 is 5.32 Å². The molecule has 2 aromatic carbocycles. The molecule has 4 rings (SSSR count). The molecule has 1 aliphatic rings. The number of hydrogen-bond acceptors (Lipinski definition) is 5. The van der Waals surface area contributed by atoms with Gasteiger partial charge in [0.05, 0.1) is 15.6 Å². The van der Waals surface area contributed by atoms with Gasteiger partial charge in [-0.1, -0.05) is 53.5 Å². The number of pyridine rings is 1. The van der Waals surface area contributed by atoms with Gasteiger partial charge in [-0.15, -0.1) is 11.8 Å². The van der Waals surface area contributed by atoms with Gasteiger partial charge in [0.15, 0.2) is 0 Å². The molecule has 0 unspecified atom stereocenters. The summed E-state index contributed by atoms with van der Waals surface area (Å²) in [5, 5.41) is 14.2. The molecule has 10 heteroatoms. The second-order valence-corrected chi connectivity index (χ2v) is 10.6. The summed E-state index contributed by atoms with van der Waals surface area (Å²) in [6, 6.07) is 13.8. The van der Waals surface area contributed by atoms with Crippen LogP contribution in [0.3, 0.4) is 0 Å². The van der Waals surface area contributed by atoms with Crippen LogP contribution in [0.2, 0.25) is 10.0 Å². The first-order chi connectivity index (χ1) is 18.3. The number of rotatable bonds is 8. The van der Waals surface area contributed by atoms with Gasteiger partial charge < -0.3 is 15.3 Å². The maximum atomic E-state index is 12.9. The lowest BCUT2D eigenvalue weighted by Crippen LogP contribution is -2.48. The number of thioether (sulfide) groups is 1. The van der Waals surface area contributed by atoms with E-state index in [4.69, 9.17) is 23.2 Å². The molecule has 1 saturated heterocycles. The minimum absolute atomic E-state index is 0.0819. The molecule has 3 aromatic rings. The normalized spacial score (nSPS) is 15.1. The van der Waals surface area contributed by atoms with Crippen LogP contribution in [-0.2, 0) is 20.8 Å². The minimum atomic E-state index is -1.12. The number of para-hydroxylation sites is 1. The number of likely N-dealkylation sites (tertiary alicyclic amines) is 1. The van der Waals surface area contributed by atoms with Gasteiger partial charge in [0, 0.05) is 47.5 Å². The van der Waals surface area contributed by atoms with Crippen molar-refractivity contribution in [2.75, 3.05) is 19.3 Å². The highest BCUT2D eigenvalue weighted by atomic mass is 35.5. The number of nitrogens with one attached hydrogen (secondary N) is 1. The van der Waals surface area contributed by atoms with E-state index in [1.54, 1.807) is 17.0 Å². The third-order valence-electron chi connectivity index (χ3n) is 6.56. The van der Waals surface area contributed by atoms with Crippen molar-refractivity contribution in [1.82, 2.24) is 15.2 Å². The minimum Gasteiger partial charge on any atom is -0.480 e. The third-order valence-corrected chi connectivity index (χ3v) is 8.35. The fourth-order valence-electron chi connectivity index (χ4n) is 4.38. The van der Waals surface area contributed by atoms with Gasteiger partial charge in [-0.25, -0.2) is 4.79 Å². The van der Waals surface area contributed by atoms with E-state index in [0.717, 1.165) is 15.8 Å². The molecule has 7 nitrogen and oxygen atoms in total. The number of carboxylic acids is 1. The van der Waals surface area contributed by atoms with E-state index in [-0.39, 0.29) is 24.2 Å². The number of halogens is 2. The Balaban J connectivity index is 1.31. The third kappa shape index (κ3) is 6.67. The van der Waals surface area contributed by atoms with Gasteiger partial charge in [0.25, 0.3) is 0 Å². The standard InChI is InChI=1S/C28H27Cl2N3O4S/c1-38-23-10-7-18(25(29)26(23)30)8-11-24(34)33-14-12-19(13-15-33)27(35)32-22(28(36)37)16-20-9-6-17-4-2-3-5-21(17)31-20/h2-11,19,22H,12-16H2,1H3,(H,32,35)(H,36,37)/b11-8+/t22-/m0/s1. The molecule has 0 saturated carbocycles. The quantitative estimate of drug-likeness (QED) is 0.280. The maximum absolute atomic E-state index is 12.9. The van der Waals surface area contributed by atoms with Gasteiger partial charge in [-0.2, -0.15) is 0 Å². The Kier molecular flexibility index (Phi) is 9.31. The van der Waals surface area contributed by atoms with Crippen molar-refractivity contribution >= 4 is 69.7 Å². The van der Waals surface area contributed by atoms with Crippen molar-refractivity contribution in [2.24, 2.45) is 5.92 Å². The fourth-order valence-corrected chi connectivity index (χ4v) is 5.56. The molecule has 1 fully saturated rings. The lowest BCUT2D eigenvalue weighted by atomic mass is 9.95. The number of fused-ring (bicyclic) bond motifs is 1. The Morgan fingerprint density at radius 3 is 2.55 bits per heavy atom. The SMILES string of the molecule is CSc1ccc(/C=C/C(=O)N2CCC(C(=O)N[C@@H](Cc3ccc4ccccc4n3)C(=O)O)CC2)c(Cl)c1Cl. The van der Waals surface area contributed by atoms with Crippen LogP contribution in [-0.4, -0.2) is 58.2 Å². The maximum Gasteiger partial charge on any atom is 0.326 e. The van der Waals surface area contributed by atoms with E-state index >= 15 is 0 Å². The summed E-state index contributed by atoms with van der Waals surface area (Å²) < 4.78 is 0. The number of piperidine rings is 1. The number of nitrogens with zero attached hydrogens (tertiary/aromatic N) is 2. The average Bonchev–Trinajstić information content (AvgIpc) is 2.93. The lowest BCUT2D eigenvalue weighted by Gasteiger charge is -2.31. The number of benzene rings is 2. The first-order valence-electron chi connectivity index (χ1n) is 12.1. The molecule has 38 heavy (non-hydrogen) atoms. The second-order valence-electron chi connectivity index (χ2n) is 9.02. The van der Waals surface area contributed by atoms with Gasteiger partial charge in [0.2, 0.25) is 11.8 Å². The predicted molar refractivity (Wildman–Crippen MR) is 152 cm³/mol. The number of carbonyl (C=O) groups is 3. The fraction of sp³-hybridized carbons (Fsp3) is 0.286. The van der Waals surface area contributed by atoms with Crippen LogP contribution in [0.1, 0.15) is 24.1 Å². The topological polar surface area (TPSA) is 99.6 Å². The molecule has 0 radical (unpaired) electrons. The zero-order chi connectivity index (χ0) is 27.2. The molecule has 0 aliphatic carbocycles. The Hall–Kier alpha value is -3.07. The summed E-state index contributed by atoms with van der Waals surface area (Å²) in [5.74, 6) is -2.00. The number of hydrogen-bond donors (Lipinski definition) is 2. The lowest BCUT2D eigenvalue weighted by molar-refractivity contribution is -0.142. The monoisotopic (exact) mass is 571 g/mol. The Labute approximate surface area is 235 Å². The van der Waals surface area contributed by atoms with E-state index in [1.165, 1.54) is 17.8 Å². The summed E-state index contributed by atoms with van der Waals surface area (Å²) >= 11 is 14.1. The van der Waals surface area contributed by atoms with E-state index in [1.807, 2.05) is 48.7 Å². The van der Waals surface area contributed by atoms with Crippen LogP contribution in [0, 0.1) is 5.92 Å². The molecule has 2 amide bonds. The highest BCUT2D eigenvalue weighted by Crippen LogP contribution is 2.35. The average molecular weight is 573 g/mol. The first kappa shape index (κ1) is 28.0. The summed E-state index contributed by atoms with van der Waals surface area (Å²) in [5.41, 5.74) is 2.01. The van der Waals surface area contributed by atoms with E-state index in [9.17, 15) is 19.5 Å². The highest BCUT2D eigenvalue weighted by molar-refractivity contribution is 7.98. The summed E-state index contributed by atoms with van der Waals surface area (Å²) in [6.45, 7) is 0.788. The van der Waals surface area contributed by atoms with Crippen molar-refractivity contribution in [3.8, 4) is 0 Å². The molecule has 2 N–H and O–H groups in total. The van der Waals surface area contributed by atoms with Crippen LogP contribution in [0.5, 0.6) is 0 Å². The number of carboxylic acid groups (broad SMARTS) is 1. The predicted octanol–water partition coefficient (Wildman–Crippen LogP) is 5.33. The molecule has 0 spiro atoms. The Morgan fingerprint density at radius 1 is 1.11 bits per heavy atom. The van der Waals surface area contributed by atoms with Gasteiger partial charge in [-0.05, 0) is 48.9 Å². The van der Waals surface area contributed by atoms with Crippen molar-refractivity contribution < 1.29 is 19.5 Å². The van der Waals surface area contributed by atoms with Crippen molar-refractivity contribution in [3.05, 3.63) is 75.9 Å². The zero-order valence-electron chi connectivity index (χ0n) is 20.7. The van der Waals surface area contributed by atoms with E-state index in [0.29, 0.717) is 47.2 Å². The molecule has 1 atom stereocenters.